The molecule has 31 heavy (non-hydrogen) atoms. The summed E-state index contributed by atoms with van der Waals surface area (Å²) in [6.45, 7) is 5.04. The summed E-state index contributed by atoms with van der Waals surface area (Å²) in [7, 11) is -3.60. The van der Waals surface area contributed by atoms with Crippen LogP contribution in [0.1, 0.15) is 30.4 Å². The van der Waals surface area contributed by atoms with E-state index in [1.54, 1.807) is 6.07 Å². The van der Waals surface area contributed by atoms with Crippen LogP contribution in [0, 0.1) is 13.8 Å². The number of nitrogens with zero attached hydrogens (tertiary/aromatic N) is 2. The van der Waals surface area contributed by atoms with E-state index >= 15 is 0 Å². The highest BCUT2D eigenvalue weighted by atomic mass is 32.2. The molecule has 0 saturated carbocycles. The molecule has 2 heterocycles. The maximum Gasteiger partial charge on any atom is 0.419 e. The molecule has 9 heteroatoms. The van der Waals surface area contributed by atoms with Crippen LogP contribution >= 0.6 is 0 Å². The molecule has 2 aromatic carbocycles. The van der Waals surface area contributed by atoms with Crippen LogP contribution in [-0.2, 0) is 21.4 Å². The van der Waals surface area contributed by atoms with Gasteiger partial charge in [-0.15, -0.1) is 0 Å². The summed E-state index contributed by atoms with van der Waals surface area (Å²) in [6, 6.07) is 10.1. The largest absolute Gasteiger partial charge is 0.419 e. The Morgan fingerprint density at radius 2 is 1.87 bits per heavy atom. The summed E-state index contributed by atoms with van der Waals surface area (Å²) < 4.78 is 33.6. The molecule has 164 valence electrons. The lowest BCUT2D eigenvalue weighted by atomic mass is 10.1. The third-order valence-corrected chi connectivity index (χ3v) is 7.68. The van der Waals surface area contributed by atoms with Crippen LogP contribution in [0.4, 0.5) is 5.69 Å². The Hall–Kier alpha value is -2.91. The van der Waals surface area contributed by atoms with Crippen molar-refractivity contribution in [3.05, 3.63) is 58.1 Å². The van der Waals surface area contributed by atoms with Gasteiger partial charge < -0.3 is 9.73 Å². The molecular formula is C22H25N3O5S. The second kappa shape index (κ2) is 8.32. The van der Waals surface area contributed by atoms with E-state index in [2.05, 4.69) is 5.32 Å². The van der Waals surface area contributed by atoms with Gasteiger partial charge in [0, 0.05) is 37.8 Å². The number of fused-ring (bicyclic) bond motifs is 1. The van der Waals surface area contributed by atoms with Gasteiger partial charge in [0.05, 0.1) is 10.4 Å². The number of anilines is 1. The van der Waals surface area contributed by atoms with Crippen LogP contribution in [0.3, 0.4) is 0 Å². The Kier molecular flexibility index (Phi) is 5.72. The van der Waals surface area contributed by atoms with Crippen molar-refractivity contribution in [2.45, 2.75) is 44.6 Å². The van der Waals surface area contributed by atoms with E-state index in [1.165, 1.54) is 21.0 Å². The summed E-state index contributed by atoms with van der Waals surface area (Å²) in [4.78, 5) is 24.8. The summed E-state index contributed by atoms with van der Waals surface area (Å²) in [5.41, 5.74) is 3.47. The van der Waals surface area contributed by atoms with Gasteiger partial charge in [-0.1, -0.05) is 12.1 Å². The van der Waals surface area contributed by atoms with E-state index in [-0.39, 0.29) is 29.4 Å². The maximum atomic E-state index is 12.8. The molecule has 0 atom stereocenters. The topological polar surface area (TPSA) is 102 Å². The molecule has 1 amide bonds. The van der Waals surface area contributed by atoms with Crippen molar-refractivity contribution in [1.29, 1.82) is 0 Å². The molecule has 1 aliphatic heterocycles. The summed E-state index contributed by atoms with van der Waals surface area (Å²) >= 11 is 0. The summed E-state index contributed by atoms with van der Waals surface area (Å²) in [5.74, 6) is -0.839. The van der Waals surface area contributed by atoms with Crippen molar-refractivity contribution in [3.63, 3.8) is 0 Å². The standard InChI is InChI=1S/C22H25N3O5S/c1-15-6-5-7-18(16(15)2)23-21(26)10-13-25-19-9-8-17(14-20(19)30-22(25)27)31(28,29)24-11-3-4-12-24/h5-9,14H,3-4,10-13H2,1-2H3,(H,23,26). The zero-order valence-corrected chi connectivity index (χ0v) is 18.4. The van der Waals surface area contributed by atoms with Crippen molar-refractivity contribution in [2.24, 2.45) is 0 Å². The lowest BCUT2D eigenvalue weighted by Gasteiger charge is -2.15. The molecule has 0 bridgehead atoms. The smallest absolute Gasteiger partial charge is 0.408 e. The van der Waals surface area contributed by atoms with E-state index < -0.39 is 15.8 Å². The Morgan fingerprint density at radius 3 is 2.61 bits per heavy atom. The first-order valence-corrected chi connectivity index (χ1v) is 11.7. The quantitative estimate of drug-likeness (QED) is 0.631. The van der Waals surface area contributed by atoms with Crippen LogP contribution in [0.15, 0.2) is 50.5 Å². The van der Waals surface area contributed by atoms with Crippen molar-refractivity contribution >= 4 is 32.7 Å². The second-order valence-electron chi connectivity index (χ2n) is 7.81. The van der Waals surface area contributed by atoms with Crippen LogP contribution in [0.2, 0.25) is 0 Å². The van der Waals surface area contributed by atoms with E-state index in [0.29, 0.717) is 18.6 Å². The number of sulfonamides is 1. The third-order valence-electron chi connectivity index (χ3n) is 5.78. The number of carbonyl (C=O) groups excluding carboxylic acids is 1. The number of rotatable bonds is 6. The van der Waals surface area contributed by atoms with Crippen molar-refractivity contribution < 1.29 is 17.6 Å². The van der Waals surface area contributed by atoms with E-state index in [1.807, 2.05) is 32.0 Å². The lowest BCUT2D eigenvalue weighted by Crippen LogP contribution is -2.27. The molecule has 1 aliphatic rings. The average molecular weight is 444 g/mol. The zero-order valence-electron chi connectivity index (χ0n) is 17.6. The van der Waals surface area contributed by atoms with Crippen LogP contribution in [0.25, 0.3) is 11.1 Å². The van der Waals surface area contributed by atoms with Gasteiger partial charge in [0.25, 0.3) is 0 Å². The fourth-order valence-corrected chi connectivity index (χ4v) is 5.34. The lowest BCUT2D eigenvalue weighted by molar-refractivity contribution is -0.116. The maximum absolute atomic E-state index is 12.8. The minimum Gasteiger partial charge on any atom is -0.408 e. The van der Waals surface area contributed by atoms with Crippen molar-refractivity contribution in [3.8, 4) is 0 Å². The molecule has 1 fully saturated rings. The van der Waals surface area contributed by atoms with Crippen molar-refractivity contribution in [1.82, 2.24) is 8.87 Å². The van der Waals surface area contributed by atoms with Crippen LogP contribution in [0.5, 0.6) is 0 Å². The molecule has 0 radical (unpaired) electrons. The van der Waals surface area contributed by atoms with Gasteiger partial charge in [-0.05, 0) is 56.0 Å². The Morgan fingerprint density at radius 1 is 1.13 bits per heavy atom. The number of nitrogens with one attached hydrogen (secondary N) is 1. The molecule has 4 rings (SSSR count). The number of benzene rings is 2. The number of oxazole rings is 1. The summed E-state index contributed by atoms with van der Waals surface area (Å²) in [6.07, 6.45) is 1.77. The Bertz CT molecular complexity index is 1300. The second-order valence-corrected chi connectivity index (χ2v) is 9.74. The normalized spacial score (nSPS) is 14.9. The fraction of sp³-hybridized carbons (Fsp3) is 0.364. The highest BCUT2D eigenvalue weighted by molar-refractivity contribution is 7.89. The van der Waals surface area contributed by atoms with E-state index in [4.69, 9.17) is 4.42 Å². The third kappa shape index (κ3) is 4.15. The molecule has 0 unspecified atom stereocenters. The monoisotopic (exact) mass is 443 g/mol. The summed E-state index contributed by atoms with van der Waals surface area (Å²) in [5, 5.41) is 2.87. The van der Waals surface area contributed by atoms with Crippen LogP contribution < -0.4 is 11.1 Å². The SMILES string of the molecule is Cc1cccc(NC(=O)CCn2c(=O)oc3cc(S(=O)(=O)N4CCCC4)ccc32)c1C. The highest BCUT2D eigenvalue weighted by Gasteiger charge is 2.28. The molecule has 3 aromatic rings. The number of amides is 1. The predicted octanol–water partition coefficient (Wildman–Crippen LogP) is 3.02. The van der Waals surface area contributed by atoms with Gasteiger partial charge in [0.2, 0.25) is 15.9 Å². The number of aryl methyl sites for hydroxylation is 2. The van der Waals surface area contributed by atoms with Crippen LogP contribution in [-0.4, -0.2) is 36.3 Å². The Balaban J connectivity index is 1.52. The molecule has 8 nitrogen and oxygen atoms in total. The molecule has 0 aliphatic carbocycles. The van der Waals surface area contributed by atoms with Gasteiger partial charge >= 0.3 is 5.76 Å². The minimum atomic E-state index is -3.60. The number of aromatic nitrogens is 1. The molecule has 1 saturated heterocycles. The van der Waals surface area contributed by atoms with E-state index in [0.717, 1.165) is 29.7 Å². The average Bonchev–Trinajstić information content (AvgIpc) is 3.37. The minimum absolute atomic E-state index is 0.0791. The Labute approximate surface area is 180 Å². The number of hydrogen-bond donors (Lipinski definition) is 1. The number of carbonyl (C=O) groups is 1. The first kappa shape index (κ1) is 21.3. The van der Waals surface area contributed by atoms with Gasteiger partial charge in [0.15, 0.2) is 5.58 Å². The molecular weight excluding hydrogens is 418 g/mol. The predicted molar refractivity (Wildman–Crippen MR) is 118 cm³/mol. The van der Waals surface area contributed by atoms with Gasteiger partial charge in [-0.3, -0.25) is 9.36 Å². The molecule has 1 aromatic heterocycles. The van der Waals surface area contributed by atoms with Gasteiger partial charge in [-0.2, -0.15) is 4.31 Å². The highest BCUT2D eigenvalue weighted by Crippen LogP contribution is 2.24. The fourth-order valence-electron chi connectivity index (χ4n) is 3.81. The zero-order chi connectivity index (χ0) is 22.2. The number of hydrogen-bond acceptors (Lipinski definition) is 5. The molecule has 0 spiro atoms. The van der Waals surface area contributed by atoms with Gasteiger partial charge in [-0.25, -0.2) is 13.2 Å². The van der Waals surface area contributed by atoms with Gasteiger partial charge in [0.1, 0.15) is 0 Å². The first-order valence-electron chi connectivity index (χ1n) is 10.3. The molecule has 1 N–H and O–H groups in total. The van der Waals surface area contributed by atoms with Crippen molar-refractivity contribution in [2.75, 3.05) is 18.4 Å². The first-order chi connectivity index (χ1) is 14.8. The van der Waals surface area contributed by atoms with E-state index in [9.17, 15) is 18.0 Å².